The van der Waals surface area contributed by atoms with Gasteiger partial charge in [-0.3, -0.25) is 0 Å². The van der Waals surface area contributed by atoms with Crippen LogP contribution in [0.15, 0.2) is 17.0 Å². The molecule has 0 bridgehead atoms. The summed E-state index contributed by atoms with van der Waals surface area (Å²) in [7, 11) is -2.56. The van der Waals surface area contributed by atoms with E-state index in [1.807, 2.05) is 6.92 Å². The minimum absolute atomic E-state index is 0.136. The molecule has 2 N–H and O–H groups in total. The minimum atomic E-state index is -4.07. The van der Waals surface area contributed by atoms with Gasteiger partial charge in [0.1, 0.15) is 16.4 Å². The molecule has 0 amide bonds. The number of nitrogens with zero attached hydrogens (tertiary/aromatic N) is 1. The maximum atomic E-state index is 14.0. The Hall–Kier alpha value is -1.25. The number of ether oxygens (including phenoxy) is 1. The molecule has 1 heterocycles. The van der Waals surface area contributed by atoms with Gasteiger partial charge in [0.05, 0.1) is 6.10 Å². The van der Waals surface area contributed by atoms with Gasteiger partial charge in [-0.15, -0.1) is 0 Å². The Morgan fingerprint density at radius 3 is 2.67 bits per heavy atom. The van der Waals surface area contributed by atoms with Crippen LogP contribution in [0.2, 0.25) is 0 Å². The Morgan fingerprint density at radius 2 is 2.05 bits per heavy atom. The van der Waals surface area contributed by atoms with Crippen LogP contribution in [0.1, 0.15) is 13.3 Å². The van der Waals surface area contributed by atoms with E-state index in [4.69, 9.17) is 10.5 Å². The average molecular weight is 320 g/mol. The lowest BCUT2D eigenvalue weighted by atomic mass is 9.97. The topological polar surface area (TPSA) is 72.6 Å². The maximum Gasteiger partial charge on any atom is 0.246 e. The number of piperidine rings is 1. The predicted octanol–water partition coefficient (Wildman–Crippen LogP) is 1.59. The van der Waals surface area contributed by atoms with Gasteiger partial charge in [-0.05, 0) is 24.5 Å². The molecule has 2 atom stereocenters. The third-order valence-corrected chi connectivity index (χ3v) is 5.75. The molecule has 1 fully saturated rings. The Balaban J connectivity index is 2.37. The SMILES string of the molecule is COC1CN(S(=O)(=O)c2ccc(F)c(N)c2F)CCC1C. The van der Waals surface area contributed by atoms with Gasteiger partial charge in [0, 0.05) is 20.2 Å². The predicted molar refractivity (Wildman–Crippen MR) is 74.1 cm³/mol. The van der Waals surface area contributed by atoms with E-state index in [9.17, 15) is 17.2 Å². The van der Waals surface area contributed by atoms with Crippen molar-refractivity contribution in [3.05, 3.63) is 23.8 Å². The van der Waals surface area contributed by atoms with E-state index in [0.717, 1.165) is 16.4 Å². The Labute approximate surface area is 122 Å². The van der Waals surface area contributed by atoms with E-state index >= 15 is 0 Å². The summed E-state index contributed by atoms with van der Waals surface area (Å²) in [6, 6.07) is 1.75. The van der Waals surface area contributed by atoms with Gasteiger partial charge in [0.25, 0.3) is 0 Å². The Morgan fingerprint density at radius 1 is 1.38 bits per heavy atom. The quantitative estimate of drug-likeness (QED) is 0.859. The van der Waals surface area contributed by atoms with Gasteiger partial charge in [-0.25, -0.2) is 17.2 Å². The molecule has 0 aliphatic carbocycles. The third kappa shape index (κ3) is 2.88. The molecule has 0 saturated carbocycles. The molecule has 1 aromatic rings. The van der Waals surface area contributed by atoms with Gasteiger partial charge in [-0.1, -0.05) is 6.92 Å². The molecular weight excluding hydrogens is 302 g/mol. The summed E-state index contributed by atoms with van der Waals surface area (Å²) in [4.78, 5) is -0.606. The van der Waals surface area contributed by atoms with E-state index in [-0.39, 0.29) is 25.1 Å². The molecule has 1 aliphatic heterocycles. The van der Waals surface area contributed by atoms with Crippen LogP contribution < -0.4 is 5.73 Å². The van der Waals surface area contributed by atoms with Crippen LogP contribution in [0, 0.1) is 17.6 Å². The first-order valence-corrected chi connectivity index (χ1v) is 7.99. The summed E-state index contributed by atoms with van der Waals surface area (Å²) in [6.45, 7) is 2.37. The zero-order chi connectivity index (χ0) is 15.8. The summed E-state index contributed by atoms with van der Waals surface area (Å²) in [5.41, 5.74) is 4.44. The molecule has 0 aromatic heterocycles. The first-order valence-electron chi connectivity index (χ1n) is 6.55. The number of anilines is 1. The molecule has 118 valence electrons. The smallest absolute Gasteiger partial charge is 0.246 e. The van der Waals surface area contributed by atoms with E-state index in [2.05, 4.69) is 0 Å². The van der Waals surface area contributed by atoms with Crippen molar-refractivity contribution in [2.45, 2.75) is 24.3 Å². The molecule has 2 rings (SSSR count). The standard InChI is InChI=1S/C13H18F2N2O3S/c1-8-5-6-17(7-10(8)20-2)21(18,19)11-4-3-9(14)13(16)12(11)15/h3-4,8,10H,5-7,16H2,1-2H3. The van der Waals surface area contributed by atoms with Crippen molar-refractivity contribution in [1.82, 2.24) is 4.31 Å². The summed E-state index contributed by atoms with van der Waals surface area (Å²) in [5.74, 6) is -2.01. The second-order valence-electron chi connectivity index (χ2n) is 5.18. The number of hydrogen-bond donors (Lipinski definition) is 1. The first kappa shape index (κ1) is 16.1. The molecule has 8 heteroatoms. The highest BCUT2D eigenvalue weighted by atomic mass is 32.2. The molecule has 1 aliphatic rings. The van der Waals surface area contributed by atoms with Gasteiger partial charge in [-0.2, -0.15) is 4.31 Å². The fourth-order valence-corrected chi connectivity index (χ4v) is 3.96. The third-order valence-electron chi connectivity index (χ3n) is 3.86. The molecule has 21 heavy (non-hydrogen) atoms. The second kappa shape index (κ2) is 5.86. The van der Waals surface area contributed by atoms with Crippen LogP contribution in [0.3, 0.4) is 0 Å². The monoisotopic (exact) mass is 320 g/mol. The molecule has 0 radical (unpaired) electrons. The van der Waals surface area contributed by atoms with E-state index in [1.165, 1.54) is 7.11 Å². The lowest BCUT2D eigenvalue weighted by molar-refractivity contribution is 0.0183. The molecule has 0 spiro atoms. The zero-order valence-corrected chi connectivity index (χ0v) is 12.7. The van der Waals surface area contributed by atoms with Gasteiger partial charge >= 0.3 is 0 Å². The summed E-state index contributed by atoms with van der Waals surface area (Å²) in [6.07, 6.45) is 0.352. The summed E-state index contributed by atoms with van der Waals surface area (Å²) < 4.78 is 58.5. The fourth-order valence-electron chi connectivity index (χ4n) is 2.42. The van der Waals surface area contributed by atoms with Crippen LogP contribution in [0.4, 0.5) is 14.5 Å². The lowest BCUT2D eigenvalue weighted by Gasteiger charge is -2.35. The highest BCUT2D eigenvalue weighted by Crippen LogP contribution is 2.29. The highest BCUT2D eigenvalue weighted by Gasteiger charge is 2.35. The van der Waals surface area contributed by atoms with Gasteiger partial charge in [0.2, 0.25) is 10.0 Å². The normalized spacial score (nSPS) is 24.2. The number of sulfonamides is 1. The van der Waals surface area contributed by atoms with Crippen LogP contribution in [-0.2, 0) is 14.8 Å². The lowest BCUT2D eigenvalue weighted by Crippen LogP contribution is -2.46. The minimum Gasteiger partial charge on any atom is -0.394 e. The molecular formula is C13H18F2N2O3S. The number of nitrogen functional groups attached to an aromatic ring is 1. The fraction of sp³-hybridized carbons (Fsp3) is 0.538. The molecule has 1 aromatic carbocycles. The molecule has 5 nitrogen and oxygen atoms in total. The molecule has 1 saturated heterocycles. The van der Waals surface area contributed by atoms with Crippen LogP contribution in [0.25, 0.3) is 0 Å². The van der Waals surface area contributed by atoms with Crippen molar-refractivity contribution in [2.24, 2.45) is 5.92 Å². The summed E-state index contributed by atoms with van der Waals surface area (Å²) in [5, 5.41) is 0. The van der Waals surface area contributed by atoms with Crippen molar-refractivity contribution < 1.29 is 21.9 Å². The number of hydrogen-bond acceptors (Lipinski definition) is 4. The van der Waals surface area contributed by atoms with Crippen molar-refractivity contribution in [1.29, 1.82) is 0 Å². The zero-order valence-electron chi connectivity index (χ0n) is 11.8. The van der Waals surface area contributed by atoms with Crippen molar-refractivity contribution in [3.63, 3.8) is 0 Å². The van der Waals surface area contributed by atoms with E-state index in [1.54, 1.807) is 0 Å². The Bertz CT molecular complexity index is 637. The first-order chi connectivity index (χ1) is 9.78. The van der Waals surface area contributed by atoms with Crippen LogP contribution in [-0.4, -0.2) is 39.0 Å². The number of rotatable bonds is 3. The number of nitrogens with two attached hydrogens (primary N) is 1. The number of benzene rings is 1. The maximum absolute atomic E-state index is 14.0. The second-order valence-corrected chi connectivity index (χ2v) is 7.08. The van der Waals surface area contributed by atoms with Crippen LogP contribution in [0.5, 0.6) is 0 Å². The van der Waals surface area contributed by atoms with Crippen molar-refractivity contribution in [2.75, 3.05) is 25.9 Å². The summed E-state index contributed by atoms with van der Waals surface area (Å²) >= 11 is 0. The van der Waals surface area contributed by atoms with Gasteiger partial charge < -0.3 is 10.5 Å². The van der Waals surface area contributed by atoms with E-state index < -0.39 is 32.2 Å². The molecule has 2 unspecified atom stereocenters. The van der Waals surface area contributed by atoms with Gasteiger partial charge in [0.15, 0.2) is 5.82 Å². The van der Waals surface area contributed by atoms with Crippen molar-refractivity contribution in [3.8, 4) is 0 Å². The highest BCUT2D eigenvalue weighted by molar-refractivity contribution is 7.89. The van der Waals surface area contributed by atoms with Crippen LogP contribution >= 0.6 is 0 Å². The van der Waals surface area contributed by atoms with E-state index in [0.29, 0.717) is 6.42 Å². The Kier molecular flexibility index (Phi) is 4.50. The number of halogens is 2. The average Bonchev–Trinajstić information content (AvgIpc) is 2.44. The largest absolute Gasteiger partial charge is 0.394 e. The number of methoxy groups -OCH3 is 1. The van der Waals surface area contributed by atoms with Crippen molar-refractivity contribution >= 4 is 15.7 Å².